The van der Waals surface area contributed by atoms with Gasteiger partial charge in [0.1, 0.15) is 0 Å². The molecule has 1 N–H and O–H groups in total. The van der Waals surface area contributed by atoms with Crippen molar-refractivity contribution in [3.8, 4) is 0 Å². The lowest BCUT2D eigenvalue weighted by molar-refractivity contribution is 0.0835. The van der Waals surface area contributed by atoms with Gasteiger partial charge in [-0.2, -0.15) is 0 Å². The van der Waals surface area contributed by atoms with E-state index in [4.69, 9.17) is 0 Å². The SMILES string of the molecule is Cc1ccc(C(O)CCN2CCN3CCCC3C2)cc1. The lowest BCUT2D eigenvalue weighted by Crippen LogP contribution is -2.50. The number of piperazine rings is 1. The summed E-state index contributed by atoms with van der Waals surface area (Å²) in [5.41, 5.74) is 2.30. The second-order valence-electron chi connectivity index (χ2n) is 6.35. The van der Waals surface area contributed by atoms with E-state index in [2.05, 4.69) is 41.0 Å². The van der Waals surface area contributed by atoms with Crippen molar-refractivity contribution in [1.29, 1.82) is 0 Å². The van der Waals surface area contributed by atoms with Crippen LogP contribution in [0.4, 0.5) is 0 Å². The van der Waals surface area contributed by atoms with Crippen molar-refractivity contribution in [3.05, 3.63) is 35.4 Å². The van der Waals surface area contributed by atoms with E-state index in [-0.39, 0.29) is 6.10 Å². The van der Waals surface area contributed by atoms with Gasteiger partial charge in [-0.05, 0) is 38.3 Å². The Bertz CT molecular complexity index is 431. The second-order valence-corrected chi connectivity index (χ2v) is 6.35. The molecule has 3 heteroatoms. The van der Waals surface area contributed by atoms with Gasteiger partial charge in [0.2, 0.25) is 0 Å². The molecule has 3 nitrogen and oxygen atoms in total. The molecular weight excluding hydrogens is 248 g/mol. The molecule has 2 fully saturated rings. The van der Waals surface area contributed by atoms with Crippen molar-refractivity contribution >= 4 is 0 Å². The van der Waals surface area contributed by atoms with Gasteiger partial charge in [-0.25, -0.2) is 0 Å². The monoisotopic (exact) mass is 274 g/mol. The molecular formula is C17H26N2O. The van der Waals surface area contributed by atoms with Crippen LogP contribution in [-0.2, 0) is 0 Å². The number of aryl methyl sites for hydroxylation is 1. The molecule has 2 aliphatic heterocycles. The zero-order valence-electron chi connectivity index (χ0n) is 12.5. The van der Waals surface area contributed by atoms with Crippen molar-refractivity contribution < 1.29 is 5.11 Å². The van der Waals surface area contributed by atoms with Crippen molar-refractivity contribution in [3.63, 3.8) is 0 Å². The normalized spacial score (nSPS) is 25.6. The van der Waals surface area contributed by atoms with Gasteiger partial charge in [0.05, 0.1) is 6.10 Å². The highest BCUT2D eigenvalue weighted by Gasteiger charge is 2.30. The maximum absolute atomic E-state index is 10.3. The van der Waals surface area contributed by atoms with E-state index in [9.17, 15) is 5.11 Å². The molecule has 2 aliphatic rings. The van der Waals surface area contributed by atoms with Gasteiger partial charge < -0.3 is 10.0 Å². The van der Waals surface area contributed by atoms with Crippen molar-refractivity contribution in [2.45, 2.75) is 38.3 Å². The summed E-state index contributed by atoms with van der Waals surface area (Å²) in [5, 5.41) is 10.3. The van der Waals surface area contributed by atoms with Crippen LogP contribution in [0.25, 0.3) is 0 Å². The predicted molar refractivity (Wildman–Crippen MR) is 81.8 cm³/mol. The van der Waals surface area contributed by atoms with E-state index in [1.54, 1.807) is 0 Å². The lowest BCUT2D eigenvalue weighted by atomic mass is 10.0. The van der Waals surface area contributed by atoms with Crippen LogP contribution in [0.2, 0.25) is 0 Å². The first-order valence-electron chi connectivity index (χ1n) is 7.93. The summed E-state index contributed by atoms with van der Waals surface area (Å²) in [6.07, 6.45) is 3.24. The van der Waals surface area contributed by atoms with E-state index in [0.717, 1.165) is 31.1 Å². The number of hydrogen-bond acceptors (Lipinski definition) is 3. The minimum absolute atomic E-state index is 0.322. The predicted octanol–water partition coefficient (Wildman–Crippen LogP) is 2.20. The standard InChI is InChI=1S/C17H26N2O/c1-14-4-6-15(7-5-14)17(20)8-10-18-11-12-19-9-2-3-16(19)13-18/h4-7,16-17,20H,2-3,8-13H2,1H3. The molecule has 0 amide bonds. The third kappa shape index (κ3) is 3.22. The molecule has 1 aromatic rings. The fraction of sp³-hybridized carbons (Fsp3) is 0.647. The van der Waals surface area contributed by atoms with Gasteiger partial charge in [-0.15, -0.1) is 0 Å². The minimum atomic E-state index is -0.322. The van der Waals surface area contributed by atoms with Gasteiger partial charge in [0, 0.05) is 32.2 Å². The minimum Gasteiger partial charge on any atom is -0.388 e. The van der Waals surface area contributed by atoms with Crippen LogP contribution in [0.3, 0.4) is 0 Å². The van der Waals surface area contributed by atoms with Gasteiger partial charge >= 0.3 is 0 Å². The Morgan fingerprint density at radius 3 is 2.80 bits per heavy atom. The number of fused-ring (bicyclic) bond motifs is 1. The Morgan fingerprint density at radius 2 is 2.00 bits per heavy atom. The van der Waals surface area contributed by atoms with Gasteiger partial charge in [-0.1, -0.05) is 29.8 Å². The first-order valence-corrected chi connectivity index (χ1v) is 7.93. The number of rotatable bonds is 4. The lowest BCUT2D eigenvalue weighted by Gasteiger charge is -2.37. The van der Waals surface area contributed by atoms with Crippen LogP contribution in [0.15, 0.2) is 24.3 Å². The third-order valence-corrected chi connectivity index (χ3v) is 4.85. The zero-order valence-corrected chi connectivity index (χ0v) is 12.5. The highest BCUT2D eigenvalue weighted by molar-refractivity contribution is 5.23. The van der Waals surface area contributed by atoms with E-state index in [1.165, 1.54) is 38.0 Å². The number of benzene rings is 1. The Kier molecular flexibility index (Phi) is 4.39. The average molecular weight is 274 g/mol. The van der Waals surface area contributed by atoms with Crippen LogP contribution in [0.5, 0.6) is 0 Å². The summed E-state index contributed by atoms with van der Waals surface area (Å²) in [5.74, 6) is 0. The summed E-state index contributed by atoms with van der Waals surface area (Å²) in [4.78, 5) is 5.16. The maximum Gasteiger partial charge on any atom is 0.0802 e. The molecule has 0 spiro atoms. The van der Waals surface area contributed by atoms with Crippen LogP contribution < -0.4 is 0 Å². The molecule has 1 aromatic carbocycles. The summed E-state index contributed by atoms with van der Waals surface area (Å²) in [7, 11) is 0. The molecule has 2 atom stereocenters. The highest BCUT2D eigenvalue weighted by atomic mass is 16.3. The molecule has 2 saturated heterocycles. The van der Waals surface area contributed by atoms with Crippen molar-refractivity contribution in [1.82, 2.24) is 9.80 Å². The van der Waals surface area contributed by atoms with E-state index < -0.39 is 0 Å². The van der Waals surface area contributed by atoms with E-state index in [0.29, 0.717) is 0 Å². The Hall–Kier alpha value is -0.900. The van der Waals surface area contributed by atoms with Crippen molar-refractivity contribution in [2.24, 2.45) is 0 Å². The molecule has 0 saturated carbocycles. The van der Waals surface area contributed by atoms with E-state index >= 15 is 0 Å². The highest BCUT2D eigenvalue weighted by Crippen LogP contribution is 2.23. The zero-order chi connectivity index (χ0) is 13.9. The second kappa shape index (κ2) is 6.25. The summed E-state index contributed by atoms with van der Waals surface area (Å²) >= 11 is 0. The first-order chi connectivity index (χ1) is 9.72. The summed E-state index contributed by atoms with van der Waals surface area (Å²) in [6, 6.07) is 9.04. The molecule has 0 aliphatic carbocycles. The molecule has 3 rings (SSSR count). The van der Waals surface area contributed by atoms with Crippen molar-refractivity contribution in [2.75, 3.05) is 32.7 Å². The van der Waals surface area contributed by atoms with Crippen LogP contribution >= 0.6 is 0 Å². The topological polar surface area (TPSA) is 26.7 Å². The van der Waals surface area contributed by atoms with Gasteiger partial charge in [-0.3, -0.25) is 4.90 Å². The fourth-order valence-corrected chi connectivity index (χ4v) is 3.52. The summed E-state index contributed by atoms with van der Waals surface area (Å²) in [6.45, 7) is 7.96. The van der Waals surface area contributed by atoms with Gasteiger partial charge in [0.25, 0.3) is 0 Å². The fourth-order valence-electron chi connectivity index (χ4n) is 3.52. The van der Waals surface area contributed by atoms with Crippen LogP contribution in [0, 0.1) is 6.92 Å². The third-order valence-electron chi connectivity index (χ3n) is 4.85. The summed E-state index contributed by atoms with van der Waals surface area (Å²) < 4.78 is 0. The van der Waals surface area contributed by atoms with Gasteiger partial charge in [0.15, 0.2) is 0 Å². The molecule has 2 unspecified atom stereocenters. The molecule has 110 valence electrons. The number of aliphatic hydroxyl groups excluding tert-OH is 1. The largest absolute Gasteiger partial charge is 0.388 e. The van der Waals surface area contributed by atoms with E-state index in [1.807, 2.05) is 0 Å². The molecule has 2 heterocycles. The molecule has 0 radical (unpaired) electrons. The molecule has 0 bridgehead atoms. The van der Waals surface area contributed by atoms with Crippen LogP contribution in [0.1, 0.15) is 36.5 Å². The maximum atomic E-state index is 10.3. The van der Waals surface area contributed by atoms with Crippen LogP contribution in [-0.4, -0.2) is 53.7 Å². The Balaban J connectivity index is 1.48. The number of aliphatic hydroxyl groups is 1. The first kappa shape index (κ1) is 14.1. The number of nitrogens with zero attached hydrogens (tertiary/aromatic N) is 2. The Morgan fingerprint density at radius 1 is 1.20 bits per heavy atom. The average Bonchev–Trinajstić information content (AvgIpc) is 2.93. The quantitative estimate of drug-likeness (QED) is 0.912. The smallest absolute Gasteiger partial charge is 0.0802 e. The Labute approximate surface area is 122 Å². The molecule has 20 heavy (non-hydrogen) atoms. The molecule has 0 aromatic heterocycles. The number of hydrogen-bond donors (Lipinski definition) is 1.